The average Bonchev–Trinajstić information content (AvgIpc) is 2.67. The first-order valence-electron chi connectivity index (χ1n) is 7.99. The lowest BCUT2D eigenvalue weighted by Gasteiger charge is -2.25. The molecule has 0 amide bonds. The molecule has 0 aliphatic carbocycles. The fourth-order valence-electron chi connectivity index (χ4n) is 2.95. The van der Waals surface area contributed by atoms with Crippen molar-refractivity contribution in [3.05, 3.63) is 53.6 Å². The summed E-state index contributed by atoms with van der Waals surface area (Å²) < 4.78 is 21.0. The van der Waals surface area contributed by atoms with Gasteiger partial charge in [0.05, 0.1) is 34.4 Å². The predicted molar refractivity (Wildman–Crippen MR) is 95.6 cm³/mol. The summed E-state index contributed by atoms with van der Waals surface area (Å²) >= 11 is 0. The molecule has 2 aromatic carbocycles. The fourth-order valence-corrected chi connectivity index (χ4v) is 2.95. The number of ether oxygens (including phenoxy) is 4. The summed E-state index contributed by atoms with van der Waals surface area (Å²) in [5.41, 5.74) is 1.87. The summed E-state index contributed by atoms with van der Waals surface area (Å²) in [6.45, 7) is 1.85. The molecule has 0 aliphatic rings. The highest BCUT2D eigenvalue weighted by atomic mass is 16.5. The van der Waals surface area contributed by atoms with Gasteiger partial charge in [-0.2, -0.15) is 0 Å². The van der Waals surface area contributed by atoms with Crippen molar-refractivity contribution in [1.29, 1.82) is 0 Å². The van der Waals surface area contributed by atoms with Gasteiger partial charge in [-0.25, -0.2) is 0 Å². The van der Waals surface area contributed by atoms with Crippen LogP contribution in [-0.4, -0.2) is 34.4 Å². The molecular weight excluding hydrogens is 320 g/mol. The first-order valence-corrected chi connectivity index (χ1v) is 7.99. The van der Waals surface area contributed by atoms with Gasteiger partial charge in [0.25, 0.3) is 0 Å². The molecule has 0 radical (unpaired) electrons. The first-order chi connectivity index (χ1) is 12.0. The molecule has 25 heavy (non-hydrogen) atoms. The molecule has 0 bridgehead atoms. The first kappa shape index (κ1) is 18.6. The third kappa shape index (κ3) is 4.05. The molecule has 0 unspecified atom stereocenters. The van der Waals surface area contributed by atoms with Crippen LogP contribution in [0.4, 0.5) is 0 Å². The lowest BCUT2D eigenvalue weighted by Crippen LogP contribution is -2.22. The van der Waals surface area contributed by atoms with Gasteiger partial charge in [-0.3, -0.25) is 4.79 Å². The highest BCUT2D eigenvalue weighted by molar-refractivity contribution is 5.74. The van der Waals surface area contributed by atoms with E-state index in [4.69, 9.17) is 18.9 Å². The molecule has 0 saturated heterocycles. The number of hydrogen-bond donors (Lipinski definition) is 0. The van der Waals surface area contributed by atoms with Gasteiger partial charge in [-0.1, -0.05) is 25.1 Å². The van der Waals surface area contributed by atoms with Gasteiger partial charge in [-0.05, 0) is 23.8 Å². The van der Waals surface area contributed by atoms with Crippen molar-refractivity contribution in [2.45, 2.75) is 12.8 Å². The van der Waals surface area contributed by atoms with Crippen molar-refractivity contribution in [2.24, 2.45) is 5.92 Å². The van der Waals surface area contributed by atoms with E-state index in [0.717, 1.165) is 16.9 Å². The average molecular weight is 344 g/mol. The van der Waals surface area contributed by atoms with Gasteiger partial charge in [-0.15, -0.1) is 0 Å². The van der Waals surface area contributed by atoms with Crippen LogP contribution in [0, 0.1) is 5.92 Å². The molecule has 5 heteroatoms. The summed E-state index contributed by atoms with van der Waals surface area (Å²) in [5.74, 6) is 1.23. The van der Waals surface area contributed by atoms with E-state index in [1.54, 1.807) is 21.3 Å². The third-order valence-corrected chi connectivity index (χ3v) is 4.32. The smallest absolute Gasteiger partial charge is 0.309 e. The number of benzene rings is 2. The van der Waals surface area contributed by atoms with Gasteiger partial charge >= 0.3 is 5.97 Å². The number of esters is 1. The minimum atomic E-state index is -0.388. The van der Waals surface area contributed by atoms with Gasteiger partial charge in [0.2, 0.25) is 0 Å². The standard InChI is InChI=1S/C20H24O5/c1-13(20(21)25-5)19(14-6-8-15(22-2)9-7-14)17-11-10-16(23-3)12-18(17)24-4/h6-13,19H,1-5H3/t13-,19+/m1/s1. The van der Waals surface area contributed by atoms with Crippen LogP contribution in [0.25, 0.3) is 0 Å². The van der Waals surface area contributed by atoms with Crippen molar-refractivity contribution in [2.75, 3.05) is 28.4 Å². The number of rotatable bonds is 7. The highest BCUT2D eigenvalue weighted by Crippen LogP contribution is 2.39. The zero-order chi connectivity index (χ0) is 18.4. The maximum absolute atomic E-state index is 12.2. The van der Waals surface area contributed by atoms with Crippen LogP contribution in [0.15, 0.2) is 42.5 Å². The Bertz CT molecular complexity index is 709. The van der Waals surface area contributed by atoms with E-state index < -0.39 is 0 Å². The molecular formula is C20H24O5. The van der Waals surface area contributed by atoms with E-state index in [1.807, 2.05) is 49.4 Å². The van der Waals surface area contributed by atoms with E-state index >= 15 is 0 Å². The zero-order valence-electron chi connectivity index (χ0n) is 15.2. The summed E-state index contributed by atoms with van der Waals surface area (Å²) in [6.07, 6.45) is 0. The second-order valence-electron chi connectivity index (χ2n) is 5.67. The van der Waals surface area contributed by atoms with Crippen LogP contribution in [0.3, 0.4) is 0 Å². The molecule has 0 aliphatic heterocycles. The number of hydrogen-bond acceptors (Lipinski definition) is 5. The molecule has 2 atom stereocenters. The van der Waals surface area contributed by atoms with Gasteiger partial charge in [0.1, 0.15) is 17.2 Å². The largest absolute Gasteiger partial charge is 0.497 e. The Hall–Kier alpha value is -2.69. The Morgan fingerprint density at radius 3 is 1.96 bits per heavy atom. The van der Waals surface area contributed by atoms with Crippen LogP contribution in [0.1, 0.15) is 24.0 Å². The molecule has 0 heterocycles. The molecule has 0 fully saturated rings. The van der Waals surface area contributed by atoms with E-state index in [0.29, 0.717) is 11.5 Å². The SMILES string of the molecule is COC(=O)[C@H](C)[C@@H](c1ccc(OC)cc1)c1ccc(OC)cc1OC. The Kier molecular flexibility index (Phi) is 6.28. The quantitative estimate of drug-likeness (QED) is 0.718. The van der Waals surface area contributed by atoms with Crippen molar-refractivity contribution in [3.8, 4) is 17.2 Å². The fraction of sp³-hybridized carbons (Fsp3) is 0.350. The van der Waals surface area contributed by atoms with Crippen molar-refractivity contribution in [1.82, 2.24) is 0 Å². The molecule has 0 spiro atoms. The molecule has 0 N–H and O–H groups in total. The topological polar surface area (TPSA) is 54.0 Å². The molecule has 2 aromatic rings. The van der Waals surface area contributed by atoms with Crippen molar-refractivity contribution < 1.29 is 23.7 Å². The van der Waals surface area contributed by atoms with Gasteiger partial charge < -0.3 is 18.9 Å². The van der Waals surface area contributed by atoms with Crippen LogP contribution < -0.4 is 14.2 Å². The predicted octanol–water partition coefficient (Wildman–Crippen LogP) is 3.65. The van der Waals surface area contributed by atoms with Crippen molar-refractivity contribution >= 4 is 5.97 Å². The van der Waals surface area contributed by atoms with E-state index in [-0.39, 0.29) is 17.8 Å². The van der Waals surface area contributed by atoms with E-state index in [2.05, 4.69) is 0 Å². The Balaban J connectivity index is 2.56. The Labute approximate surface area is 148 Å². The Morgan fingerprint density at radius 2 is 1.44 bits per heavy atom. The maximum atomic E-state index is 12.2. The molecule has 134 valence electrons. The zero-order valence-corrected chi connectivity index (χ0v) is 15.2. The second kappa shape index (κ2) is 8.42. The lowest BCUT2D eigenvalue weighted by atomic mass is 9.81. The lowest BCUT2D eigenvalue weighted by molar-refractivity contribution is -0.145. The van der Waals surface area contributed by atoms with Crippen LogP contribution >= 0.6 is 0 Å². The van der Waals surface area contributed by atoms with E-state index in [9.17, 15) is 4.79 Å². The summed E-state index contributed by atoms with van der Waals surface area (Å²) in [7, 11) is 6.23. The van der Waals surface area contributed by atoms with Crippen LogP contribution in [0.5, 0.6) is 17.2 Å². The number of methoxy groups -OCH3 is 4. The Morgan fingerprint density at radius 1 is 0.840 bits per heavy atom. The summed E-state index contributed by atoms with van der Waals surface area (Å²) in [6, 6.07) is 13.3. The second-order valence-corrected chi connectivity index (χ2v) is 5.67. The normalized spacial score (nSPS) is 12.8. The number of carbonyl (C=O) groups is 1. The summed E-state index contributed by atoms with van der Waals surface area (Å²) in [5, 5.41) is 0. The minimum absolute atomic E-state index is 0.223. The van der Waals surface area contributed by atoms with Gasteiger partial charge in [0, 0.05) is 17.5 Å². The third-order valence-electron chi connectivity index (χ3n) is 4.32. The van der Waals surface area contributed by atoms with Crippen LogP contribution in [-0.2, 0) is 9.53 Å². The number of carbonyl (C=O) groups excluding carboxylic acids is 1. The molecule has 5 nitrogen and oxygen atoms in total. The molecule has 0 aromatic heterocycles. The highest BCUT2D eigenvalue weighted by Gasteiger charge is 2.30. The van der Waals surface area contributed by atoms with E-state index in [1.165, 1.54) is 7.11 Å². The van der Waals surface area contributed by atoms with Crippen molar-refractivity contribution in [3.63, 3.8) is 0 Å². The molecule has 0 saturated carbocycles. The molecule has 2 rings (SSSR count). The monoisotopic (exact) mass is 344 g/mol. The van der Waals surface area contributed by atoms with Gasteiger partial charge in [0.15, 0.2) is 0 Å². The minimum Gasteiger partial charge on any atom is -0.497 e. The summed E-state index contributed by atoms with van der Waals surface area (Å²) in [4.78, 5) is 12.2. The maximum Gasteiger partial charge on any atom is 0.309 e. The van der Waals surface area contributed by atoms with Crippen LogP contribution in [0.2, 0.25) is 0 Å².